The SMILES string of the molecule is Cn1c(SCC(=O)NC2CCCCCC2)nnc1-c1c[nH]c2ccccc12. The zero-order valence-corrected chi connectivity index (χ0v) is 16.4. The Morgan fingerprint density at radius 2 is 2.00 bits per heavy atom. The Bertz CT molecular complexity index is 923. The lowest BCUT2D eigenvalue weighted by atomic mass is 10.1. The molecular weight excluding hydrogens is 358 g/mol. The van der Waals surface area contributed by atoms with Crippen molar-refractivity contribution in [2.75, 3.05) is 5.75 Å². The van der Waals surface area contributed by atoms with E-state index in [1.165, 1.54) is 37.4 Å². The average Bonchev–Trinajstić information content (AvgIpc) is 3.15. The summed E-state index contributed by atoms with van der Waals surface area (Å²) in [6.07, 6.45) is 9.18. The first-order valence-corrected chi connectivity index (χ1v) is 10.6. The van der Waals surface area contributed by atoms with Gasteiger partial charge >= 0.3 is 0 Å². The van der Waals surface area contributed by atoms with Crippen LogP contribution in [0.3, 0.4) is 0 Å². The van der Waals surface area contributed by atoms with Gasteiger partial charge in [-0.3, -0.25) is 4.79 Å². The molecule has 1 aromatic carbocycles. The van der Waals surface area contributed by atoms with Gasteiger partial charge in [0.25, 0.3) is 0 Å². The maximum Gasteiger partial charge on any atom is 0.230 e. The molecule has 2 aromatic heterocycles. The molecule has 0 saturated heterocycles. The second-order valence-corrected chi connectivity index (χ2v) is 8.10. The molecule has 142 valence electrons. The van der Waals surface area contributed by atoms with Crippen molar-refractivity contribution in [1.82, 2.24) is 25.1 Å². The van der Waals surface area contributed by atoms with Crippen LogP contribution in [0.15, 0.2) is 35.6 Å². The Kier molecular flexibility index (Phi) is 5.48. The molecule has 0 aliphatic heterocycles. The van der Waals surface area contributed by atoms with Gasteiger partial charge in [0.05, 0.1) is 5.75 Å². The fourth-order valence-electron chi connectivity index (χ4n) is 3.75. The third-order valence-corrected chi connectivity index (χ3v) is 6.24. The van der Waals surface area contributed by atoms with Gasteiger partial charge in [-0.2, -0.15) is 0 Å². The number of hydrogen-bond acceptors (Lipinski definition) is 4. The summed E-state index contributed by atoms with van der Waals surface area (Å²) in [6, 6.07) is 8.48. The monoisotopic (exact) mass is 383 g/mol. The van der Waals surface area contributed by atoms with Gasteiger partial charge in [-0.15, -0.1) is 10.2 Å². The average molecular weight is 384 g/mol. The Hall–Kier alpha value is -2.28. The largest absolute Gasteiger partial charge is 0.360 e. The van der Waals surface area contributed by atoms with Crippen molar-refractivity contribution >= 4 is 28.6 Å². The summed E-state index contributed by atoms with van der Waals surface area (Å²) in [6.45, 7) is 0. The molecule has 1 saturated carbocycles. The van der Waals surface area contributed by atoms with E-state index >= 15 is 0 Å². The zero-order valence-electron chi connectivity index (χ0n) is 15.6. The highest BCUT2D eigenvalue weighted by Gasteiger charge is 2.18. The number of nitrogens with one attached hydrogen (secondary N) is 2. The second-order valence-electron chi connectivity index (χ2n) is 7.16. The molecule has 6 nitrogen and oxygen atoms in total. The van der Waals surface area contributed by atoms with Crippen LogP contribution in [0.5, 0.6) is 0 Å². The molecule has 0 radical (unpaired) electrons. The minimum absolute atomic E-state index is 0.0866. The highest BCUT2D eigenvalue weighted by molar-refractivity contribution is 7.99. The number of thioether (sulfide) groups is 1. The summed E-state index contributed by atoms with van der Waals surface area (Å²) in [5.74, 6) is 1.26. The number of aromatic amines is 1. The number of benzene rings is 1. The van der Waals surface area contributed by atoms with Crippen LogP contribution in [0.1, 0.15) is 38.5 Å². The lowest BCUT2D eigenvalue weighted by molar-refractivity contribution is -0.119. The Morgan fingerprint density at radius 1 is 1.22 bits per heavy atom. The number of nitrogens with zero attached hydrogens (tertiary/aromatic N) is 3. The van der Waals surface area contributed by atoms with Crippen LogP contribution in [0.2, 0.25) is 0 Å². The van der Waals surface area contributed by atoms with Gasteiger partial charge < -0.3 is 14.9 Å². The van der Waals surface area contributed by atoms with Crippen LogP contribution in [-0.4, -0.2) is 37.5 Å². The minimum Gasteiger partial charge on any atom is -0.360 e. The first kappa shape index (κ1) is 18.1. The summed E-state index contributed by atoms with van der Waals surface area (Å²) in [4.78, 5) is 15.6. The number of fused-ring (bicyclic) bond motifs is 1. The van der Waals surface area contributed by atoms with E-state index in [9.17, 15) is 4.79 Å². The van der Waals surface area contributed by atoms with Crippen LogP contribution in [0.25, 0.3) is 22.3 Å². The smallest absolute Gasteiger partial charge is 0.230 e. The molecule has 1 amide bonds. The molecule has 0 bridgehead atoms. The maximum absolute atomic E-state index is 12.3. The molecule has 2 N–H and O–H groups in total. The van der Waals surface area contributed by atoms with E-state index in [0.29, 0.717) is 11.8 Å². The molecule has 1 fully saturated rings. The molecule has 0 unspecified atom stereocenters. The van der Waals surface area contributed by atoms with Crippen LogP contribution in [-0.2, 0) is 11.8 Å². The molecule has 1 aliphatic rings. The van der Waals surface area contributed by atoms with Crippen LogP contribution >= 0.6 is 11.8 Å². The molecule has 0 atom stereocenters. The fraction of sp³-hybridized carbons (Fsp3) is 0.450. The van der Waals surface area contributed by atoms with Crippen LogP contribution in [0, 0.1) is 0 Å². The number of H-pyrrole nitrogens is 1. The Labute approximate surface area is 163 Å². The number of hydrogen-bond donors (Lipinski definition) is 2. The number of aromatic nitrogens is 4. The summed E-state index contributed by atoms with van der Waals surface area (Å²) >= 11 is 1.44. The molecule has 0 spiro atoms. The Morgan fingerprint density at radius 3 is 2.81 bits per heavy atom. The van der Waals surface area contributed by atoms with Crippen molar-refractivity contribution in [3.63, 3.8) is 0 Å². The third kappa shape index (κ3) is 4.03. The molecule has 27 heavy (non-hydrogen) atoms. The Balaban J connectivity index is 1.41. The number of carbonyl (C=O) groups excluding carboxylic acids is 1. The predicted octanol–water partition coefficient (Wildman–Crippen LogP) is 3.89. The zero-order chi connectivity index (χ0) is 18.6. The van der Waals surface area contributed by atoms with E-state index in [2.05, 4.69) is 26.6 Å². The van der Waals surface area contributed by atoms with Crippen molar-refractivity contribution in [1.29, 1.82) is 0 Å². The van der Waals surface area contributed by atoms with E-state index < -0.39 is 0 Å². The van der Waals surface area contributed by atoms with Gasteiger partial charge in [-0.25, -0.2) is 0 Å². The van der Waals surface area contributed by atoms with Crippen molar-refractivity contribution in [2.45, 2.75) is 49.7 Å². The van der Waals surface area contributed by atoms with Gasteiger partial charge in [0.2, 0.25) is 5.91 Å². The quantitative estimate of drug-likeness (QED) is 0.518. The predicted molar refractivity (Wildman–Crippen MR) is 109 cm³/mol. The topological polar surface area (TPSA) is 75.6 Å². The van der Waals surface area contributed by atoms with E-state index in [-0.39, 0.29) is 5.91 Å². The first-order valence-electron chi connectivity index (χ1n) is 9.60. The van der Waals surface area contributed by atoms with E-state index in [4.69, 9.17) is 0 Å². The van der Waals surface area contributed by atoms with Gasteiger partial charge in [0, 0.05) is 35.8 Å². The second kappa shape index (κ2) is 8.17. The lowest BCUT2D eigenvalue weighted by Gasteiger charge is -2.15. The number of para-hydroxylation sites is 1. The first-order chi connectivity index (χ1) is 13.2. The standard InChI is InChI=1S/C20H25N5OS/c1-25-19(16-12-21-17-11-7-6-10-15(16)17)23-24-20(25)27-13-18(26)22-14-8-4-2-3-5-9-14/h6-7,10-12,14,21H,2-5,8-9,13H2,1H3,(H,22,26). The highest BCUT2D eigenvalue weighted by Crippen LogP contribution is 2.29. The normalized spacial score (nSPS) is 15.7. The molecule has 1 aliphatic carbocycles. The molecular formula is C20H25N5OS. The summed E-state index contributed by atoms with van der Waals surface area (Å²) in [7, 11) is 1.95. The highest BCUT2D eigenvalue weighted by atomic mass is 32.2. The number of carbonyl (C=O) groups is 1. The molecule has 7 heteroatoms. The number of amides is 1. The minimum atomic E-state index is 0.0866. The third-order valence-electron chi connectivity index (χ3n) is 5.22. The summed E-state index contributed by atoms with van der Waals surface area (Å²) in [5.41, 5.74) is 2.10. The van der Waals surface area contributed by atoms with Gasteiger partial charge in [0.1, 0.15) is 0 Å². The van der Waals surface area contributed by atoms with E-state index in [1.807, 2.05) is 36.0 Å². The summed E-state index contributed by atoms with van der Waals surface area (Å²) in [5, 5.41) is 13.7. The van der Waals surface area contributed by atoms with Gasteiger partial charge in [0.15, 0.2) is 11.0 Å². The number of rotatable bonds is 5. The fourth-order valence-corrected chi connectivity index (χ4v) is 4.48. The molecule has 4 rings (SSSR count). The van der Waals surface area contributed by atoms with Crippen LogP contribution in [0.4, 0.5) is 0 Å². The van der Waals surface area contributed by atoms with Crippen molar-refractivity contribution in [3.05, 3.63) is 30.5 Å². The van der Waals surface area contributed by atoms with E-state index in [0.717, 1.165) is 40.3 Å². The lowest BCUT2D eigenvalue weighted by Crippen LogP contribution is -2.35. The summed E-state index contributed by atoms with van der Waals surface area (Å²) < 4.78 is 1.96. The van der Waals surface area contributed by atoms with Gasteiger partial charge in [-0.05, 0) is 18.9 Å². The van der Waals surface area contributed by atoms with E-state index in [1.54, 1.807) is 0 Å². The molecule has 3 aromatic rings. The maximum atomic E-state index is 12.3. The van der Waals surface area contributed by atoms with Crippen molar-refractivity contribution in [2.24, 2.45) is 7.05 Å². The van der Waals surface area contributed by atoms with Gasteiger partial charge in [-0.1, -0.05) is 55.6 Å². The molecule has 2 heterocycles. The van der Waals surface area contributed by atoms with Crippen molar-refractivity contribution in [3.8, 4) is 11.4 Å². The van der Waals surface area contributed by atoms with Crippen molar-refractivity contribution < 1.29 is 4.79 Å². The van der Waals surface area contributed by atoms with Crippen LogP contribution < -0.4 is 5.32 Å².